The zero-order valence-corrected chi connectivity index (χ0v) is 33.3. The molecule has 0 saturated carbocycles. The first-order chi connectivity index (χ1) is 29.0. The molecule has 2 N–H and O–H groups in total. The fourth-order valence-electron chi connectivity index (χ4n) is 7.44. The summed E-state index contributed by atoms with van der Waals surface area (Å²) in [6, 6.07) is 33.2. The molecule has 300 valence electrons. The van der Waals surface area contributed by atoms with Gasteiger partial charge in [0.15, 0.2) is 17.6 Å². The summed E-state index contributed by atoms with van der Waals surface area (Å²) in [6.45, 7) is 0.272. The standard InChI is InChI=1S/C47H35Cl2N3O8/c48-37-16-7-29(18-38(37)49)26-59-36-14-12-32(13-15-36)44-41(53)22-34-20-33-21-40(52(25-35(33)23-43(34)60-44)46(55)42-2-1-17-58-42)45(54)51-39(47(56)57)19-27-3-8-30(9-4-27)31-10-5-28(24-50)6-11-31/h1-18,20,23,39-40,44H,19,21-22,25-26H2,(H,51,54)(H,56,57)/t39-,40-,44?/m0/s1. The van der Waals surface area contributed by atoms with E-state index in [9.17, 15) is 24.3 Å². The van der Waals surface area contributed by atoms with Crippen LogP contribution >= 0.6 is 23.2 Å². The largest absolute Gasteiger partial charge is 0.489 e. The van der Waals surface area contributed by atoms with Gasteiger partial charge in [0.2, 0.25) is 5.91 Å². The number of hydrogen-bond donors (Lipinski definition) is 2. The van der Waals surface area contributed by atoms with Gasteiger partial charge in [0.05, 0.1) is 27.9 Å². The summed E-state index contributed by atoms with van der Waals surface area (Å²) in [7, 11) is 0. The number of benzene rings is 5. The lowest BCUT2D eigenvalue weighted by Gasteiger charge is -2.37. The Kier molecular flexibility index (Phi) is 11.4. The Morgan fingerprint density at radius 3 is 2.25 bits per heavy atom. The van der Waals surface area contributed by atoms with Crippen molar-refractivity contribution in [3.8, 4) is 28.7 Å². The number of carboxylic acids is 1. The van der Waals surface area contributed by atoms with Crippen molar-refractivity contribution >= 4 is 46.8 Å². The van der Waals surface area contributed by atoms with Gasteiger partial charge in [-0.1, -0.05) is 83.9 Å². The molecule has 1 unspecified atom stereocenters. The fraction of sp³-hybridized carbons (Fsp3) is 0.170. The minimum atomic E-state index is -1.30. The number of amides is 2. The molecule has 0 saturated heterocycles. The van der Waals surface area contributed by atoms with Crippen LogP contribution in [0.3, 0.4) is 0 Å². The number of furan rings is 1. The van der Waals surface area contributed by atoms with Crippen LogP contribution in [0.25, 0.3) is 11.1 Å². The Morgan fingerprint density at radius 1 is 0.867 bits per heavy atom. The quantitative estimate of drug-likeness (QED) is 0.131. The van der Waals surface area contributed by atoms with E-state index in [2.05, 4.69) is 11.4 Å². The number of nitriles is 1. The smallest absolute Gasteiger partial charge is 0.326 e. The molecule has 0 radical (unpaired) electrons. The molecule has 5 aromatic carbocycles. The maximum Gasteiger partial charge on any atom is 0.326 e. The monoisotopic (exact) mass is 839 g/mol. The molecule has 60 heavy (non-hydrogen) atoms. The predicted octanol–water partition coefficient (Wildman–Crippen LogP) is 8.33. The van der Waals surface area contributed by atoms with Crippen LogP contribution in [0.5, 0.6) is 11.5 Å². The number of hydrogen-bond acceptors (Lipinski definition) is 8. The van der Waals surface area contributed by atoms with E-state index in [0.717, 1.165) is 22.3 Å². The van der Waals surface area contributed by atoms with Crippen molar-refractivity contribution in [3.05, 3.63) is 176 Å². The Bertz CT molecular complexity index is 2640. The van der Waals surface area contributed by atoms with Gasteiger partial charge >= 0.3 is 5.97 Å². The van der Waals surface area contributed by atoms with Crippen molar-refractivity contribution in [2.75, 3.05) is 0 Å². The minimum Gasteiger partial charge on any atom is -0.489 e. The summed E-state index contributed by atoms with van der Waals surface area (Å²) < 4.78 is 17.6. The molecule has 11 nitrogen and oxygen atoms in total. The number of fused-ring (bicyclic) bond motifs is 2. The topological polar surface area (TPSA) is 159 Å². The highest BCUT2D eigenvalue weighted by molar-refractivity contribution is 6.42. The van der Waals surface area contributed by atoms with Crippen molar-refractivity contribution in [1.29, 1.82) is 5.26 Å². The summed E-state index contributed by atoms with van der Waals surface area (Å²) in [4.78, 5) is 55.3. The van der Waals surface area contributed by atoms with E-state index >= 15 is 0 Å². The Balaban J connectivity index is 0.981. The molecule has 6 aromatic rings. The van der Waals surface area contributed by atoms with E-state index in [4.69, 9.17) is 42.4 Å². The summed E-state index contributed by atoms with van der Waals surface area (Å²) in [5.74, 6) is -1.46. The van der Waals surface area contributed by atoms with Gasteiger partial charge < -0.3 is 29.2 Å². The van der Waals surface area contributed by atoms with E-state index in [-0.39, 0.29) is 44.0 Å². The zero-order chi connectivity index (χ0) is 41.9. The van der Waals surface area contributed by atoms with Gasteiger partial charge in [-0.2, -0.15) is 5.26 Å². The van der Waals surface area contributed by atoms with Gasteiger partial charge in [0.1, 0.15) is 30.2 Å². The number of ketones is 1. The van der Waals surface area contributed by atoms with E-state index in [1.807, 2.05) is 36.4 Å². The predicted molar refractivity (Wildman–Crippen MR) is 222 cm³/mol. The second-order valence-corrected chi connectivity index (χ2v) is 15.4. The van der Waals surface area contributed by atoms with Gasteiger partial charge in [-0.15, -0.1) is 0 Å². The van der Waals surface area contributed by atoms with Crippen molar-refractivity contribution in [2.45, 2.75) is 50.6 Å². The van der Waals surface area contributed by atoms with E-state index < -0.39 is 36.0 Å². The number of nitrogens with one attached hydrogen (secondary N) is 1. The van der Waals surface area contributed by atoms with Gasteiger partial charge in [-0.25, -0.2) is 4.79 Å². The average Bonchev–Trinajstić information content (AvgIpc) is 3.81. The Morgan fingerprint density at radius 2 is 1.58 bits per heavy atom. The first kappa shape index (κ1) is 39.9. The summed E-state index contributed by atoms with van der Waals surface area (Å²) in [6.07, 6.45) is 0.631. The molecule has 0 aliphatic carbocycles. The number of carbonyl (C=O) groups excluding carboxylic acids is 3. The minimum absolute atomic E-state index is 0.00161. The van der Waals surface area contributed by atoms with Crippen LogP contribution in [-0.2, 0) is 46.8 Å². The lowest BCUT2D eigenvalue weighted by Crippen LogP contribution is -2.56. The van der Waals surface area contributed by atoms with Crippen LogP contribution in [0, 0.1) is 11.3 Å². The SMILES string of the molecule is N#Cc1ccc(-c2ccc(C[C@H](NC(=O)[C@@H]3Cc4cc5c(cc4CN3C(=O)c3ccco3)OC(c3ccc(OCc4ccc(Cl)c(Cl)c4)cc3)C(=O)C5)C(=O)O)cc2)cc1. The number of rotatable bonds is 11. The zero-order valence-electron chi connectivity index (χ0n) is 31.8. The Hall–Kier alpha value is -6.87. The number of halogens is 2. The number of carboxylic acid groups (broad SMARTS) is 1. The van der Waals surface area contributed by atoms with Crippen molar-refractivity contribution in [1.82, 2.24) is 10.2 Å². The molecule has 3 heterocycles. The molecule has 13 heteroatoms. The number of ether oxygens (including phenoxy) is 2. The second-order valence-electron chi connectivity index (χ2n) is 14.6. The third kappa shape index (κ3) is 8.61. The number of aliphatic carboxylic acids is 1. The first-order valence-corrected chi connectivity index (χ1v) is 19.8. The van der Waals surface area contributed by atoms with Crippen molar-refractivity contribution in [2.24, 2.45) is 0 Å². The summed E-state index contributed by atoms with van der Waals surface area (Å²) >= 11 is 12.1. The van der Waals surface area contributed by atoms with Crippen LogP contribution in [0.2, 0.25) is 10.0 Å². The first-order valence-electron chi connectivity index (χ1n) is 19.0. The van der Waals surface area contributed by atoms with Crippen LogP contribution in [0.1, 0.15) is 55.6 Å². The van der Waals surface area contributed by atoms with Gasteiger partial charge in [-0.3, -0.25) is 14.4 Å². The molecule has 0 spiro atoms. The molecule has 2 aliphatic heterocycles. The fourth-order valence-corrected chi connectivity index (χ4v) is 7.76. The maximum absolute atomic E-state index is 14.1. The summed E-state index contributed by atoms with van der Waals surface area (Å²) in [5.41, 5.74) is 6.60. The lowest BCUT2D eigenvalue weighted by molar-refractivity contribution is -0.142. The van der Waals surface area contributed by atoms with E-state index in [1.165, 1.54) is 17.2 Å². The van der Waals surface area contributed by atoms with Crippen LogP contribution in [0.15, 0.2) is 126 Å². The van der Waals surface area contributed by atoms with Crippen LogP contribution in [0.4, 0.5) is 0 Å². The van der Waals surface area contributed by atoms with Gasteiger partial charge in [0, 0.05) is 36.9 Å². The van der Waals surface area contributed by atoms with E-state index in [0.29, 0.717) is 49.4 Å². The van der Waals surface area contributed by atoms with Crippen molar-refractivity contribution < 1.29 is 38.2 Å². The second kappa shape index (κ2) is 17.2. The summed E-state index contributed by atoms with van der Waals surface area (Å²) in [5, 5.41) is 22.9. The van der Waals surface area contributed by atoms with Gasteiger partial charge in [0.25, 0.3) is 5.91 Å². The molecule has 2 amide bonds. The average molecular weight is 841 g/mol. The van der Waals surface area contributed by atoms with Crippen molar-refractivity contribution in [3.63, 3.8) is 0 Å². The highest BCUT2D eigenvalue weighted by atomic mass is 35.5. The third-order valence-corrected chi connectivity index (χ3v) is 11.4. The molecule has 3 atom stereocenters. The maximum atomic E-state index is 14.1. The normalized spacial score (nSPS) is 16.1. The highest BCUT2D eigenvalue weighted by Crippen LogP contribution is 2.38. The van der Waals surface area contributed by atoms with Crippen LogP contribution < -0.4 is 14.8 Å². The molecular weight excluding hydrogens is 805 g/mol. The molecule has 0 bridgehead atoms. The van der Waals surface area contributed by atoms with Gasteiger partial charge in [-0.05, 0) is 88.0 Å². The molecule has 8 rings (SSSR count). The molecule has 2 aliphatic rings. The number of carbonyl (C=O) groups is 4. The molecular formula is C47H35Cl2N3O8. The molecule has 0 fully saturated rings. The van der Waals surface area contributed by atoms with E-state index in [1.54, 1.807) is 72.8 Å². The Labute approximate surface area is 354 Å². The third-order valence-electron chi connectivity index (χ3n) is 10.6. The number of Topliss-reactive ketones (excluding diaryl/α,β-unsaturated/α-hetero) is 1. The number of nitrogens with zero attached hydrogens (tertiary/aromatic N) is 2. The van der Waals surface area contributed by atoms with Crippen LogP contribution in [-0.4, -0.2) is 45.7 Å². The lowest BCUT2D eigenvalue weighted by atomic mass is 9.88. The molecule has 1 aromatic heterocycles. The highest BCUT2D eigenvalue weighted by Gasteiger charge is 2.39.